The maximum absolute atomic E-state index is 13.0. The normalized spacial score (nSPS) is 14.1. The van der Waals surface area contributed by atoms with Crippen molar-refractivity contribution in [3.8, 4) is 0 Å². The summed E-state index contributed by atoms with van der Waals surface area (Å²) >= 11 is 6.07. The minimum Gasteiger partial charge on any atom is -0.394 e. The number of methoxy groups -OCH3 is 1. The number of aromatic nitrogens is 10. The lowest BCUT2D eigenvalue weighted by atomic mass is 9.95. The Morgan fingerprint density at radius 1 is 0.743 bits per heavy atom. The second-order valence-corrected chi connectivity index (χ2v) is 16.0. The fourth-order valence-corrected chi connectivity index (χ4v) is 7.77. The summed E-state index contributed by atoms with van der Waals surface area (Å²) in [7, 11) is 1.55. The van der Waals surface area contributed by atoms with Crippen LogP contribution in [-0.2, 0) is 40.5 Å². The third-order valence-corrected chi connectivity index (χ3v) is 11.0. The molecular weight excluding hydrogens is 912 g/mol. The number of rotatable bonds is 12. The summed E-state index contributed by atoms with van der Waals surface area (Å²) in [5.74, 6) is -1.26. The molecule has 0 radical (unpaired) electrons. The zero-order valence-corrected chi connectivity index (χ0v) is 39.3. The number of ether oxygens (including phenoxy) is 1. The summed E-state index contributed by atoms with van der Waals surface area (Å²) in [5, 5.41) is 27.4. The van der Waals surface area contributed by atoms with E-state index in [1.807, 2.05) is 41.3 Å². The highest BCUT2D eigenvalue weighted by atomic mass is 35.5. The number of nitrogens with zero attached hydrogens (tertiary/aromatic N) is 12. The van der Waals surface area contributed by atoms with Gasteiger partial charge in [0, 0.05) is 81.8 Å². The van der Waals surface area contributed by atoms with Crippen LogP contribution in [0.15, 0.2) is 97.8 Å². The molecule has 0 bridgehead atoms. The van der Waals surface area contributed by atoms with Crippen molar-refractivity contribution in [1.82, 2.24) is 49.5 Å². The van der Waals surface area contributed by atoms with Crippen molar-refractivity contribution in [3.63, 3.8) is 0 Å². The number of nitrogens with one attached hydrogen (secondary N) is 3. The van der Waals surface area contributed by atoms with Gasteiger partial charge < -0.3 is 31.5 Å². The third-order valence-electron chi connectivity index (χ3n) is 10.8. The SMILES string of the molecule is COCCO.NCc1ccncc1.[C-]#[N+]c1ccc2c(c1)C(c1nc(Cl)nc3nn(CCC)cc13)C(=O)N2.[C-]#[N+]c1ccc2c(c1)C(c1nc(NCc3ccncc3)nc3nn(CCC)cc13)C(=O)N2. The average molecular weight is 961 g/mol. The molecule has 0 saturated carbocycles. The molecular formula is C49H49ClN16O4. The standard InChI is InChI=1S/C23H20N8O.C17H13ClN6O.C6H8N2.C3H8O2/c1-3-10-31-13-17-20(19-16-11-15(24-2)4-5-18(16)27-22(19)32)28-23(29-21(17)30-31)26-12-14-6-8-25-9-7-14;1-3-6-24-8-11-14(21-17(18)22-15(11)23-24)13-10-7-9(19-2)4-5-12(10)20-16(13)25;7-5-6-1-3-8-4-2-6;1-5-3-2-4/h4-9,11,13,19H,3,10,12H2,1H3,(H,27,32)(H,26,29,30);4-5,7-8,13H,3,6H2,1H3,(H,20,25);1-4H,5,7H2;4H,2-3H2,1H3. The van der Waals surface area contributed by atoms with Gasteiger partial charge in [0.15, 0.2) is 22.7 Å². The van der Waals surface area contributed by atoms with Crippen LogP contribution in [0.5, 0.6) is 0 Å². The number of fused-ring (bicyclic) bond motifs is 4. The van der Waals surface area contributed by atoms with Crippen molar-refractivity contribution < 1.29 is 19.4 Å². The summed E-state index contributed by atoms with van der Waals surface area (Å²) in [4.78, 5) is 58.3. The van der Waals surface area contributed by atoms with E-state index >= 15 is 0 Å². The van der Waals surface area contributed by atoms with E-state index in [0.29, 0.717) is 76.5 Å². The van der Waals surface area contributed by atoms with E-state index in [9.17, 15) is 9.59 Å². The molecule has 21 heteroatoms. The summed E-state index contributed by atoms with van der Waals surface area (Å²) in [6.45, 7) is 21.8. The molecule has 0 aliphatic carbocycles. The Balaban J connectivity index is 0.000000167. The second kappa shape index (κ2) is 23.6. The summed E-state index contributed by atoms with van der Waals surface area (Å²) in [6, 6.07) is 18.0. The first kappa shape index (κ1) is 49.6. The molecule has 20 nitrogen and oxygen atoms in total. The van der Waals surface area contributed by atoms with E-state index in [-0.39, 0.29) is 23.7 Å². The zero-order valence-electron chi connectivity index (χ0n) is 38.5. The maximum Gasteiger partial charge on any atom is 0.238 e. The average Bonchev–Trinajstić information content (AvgIpc) is 4.15. The van der Waals surface area contributed by atoms with Crippen molar-refractivity contribution in [2.75, 3.05) is 36.3 Å². The Hall–Kier alpha value is -8.27. The highest BCUT2D eigenvalue weighted by molar-refractivity contribution is 6.28. The van der Waals surface area contributed by atoms with Crippen LogP contribution in [0.1, 0.15) is 72.2 Å². The maximum atomic E-state index is 13.0. The number of hydrogen-bond donors (Lipinski definition) is 5. The van der Waals surface area contributed by atoms with Gasteiger partial charge in [-0.15, -0.1) is 0 Å². The van der Waals surface area contributed by atoms with E-state index in [0.717, 1.165) is 53.6 Å². The molecule has 6 N–H and O–H groups in total. The van der Waals surface area contributed by atoms with Gasteiger partial charge in [-0.3, -0.25) is 28.9 Å². The molecule has 2 unspecified atom stereocenters. The third kappa shape index (κ3) is 11.7. The molecule has 2 aliphatic heterocycles. The van der Waals surface area contributed by atoms with Crippen LogP contribution in [0.25, 0.3) is 31.8 Å². The highest BCUT2D eigenvalue weighted by Crippen LogP contribution is 2.42. The molecule has 2 amide bonds. The number of aliphatic hydroxyl groups is 1. The number of aliphatic hydroxyl groups excluding tert-OH is 1. The van der Waals surface area contributed by atoms with Gasteiger partial charge in [-0.2, -0.15) is 20.2 Å². The van der Waals surface area contributed by atoms with Crippen LogP contribution in [0.2, 0.25) is 5.28 Å². The minimum absolute atomic E-state index is 0.0480. The lowest BCUT2D eigenvalue weighted by Gasteiger charge is -2.12. The predicted molar refractivity (Wildman–Crippen MR) is 265 cm³/mol. The molecule has 0 spiro atoms. The number of benzene rings is 2. The van der Waals surface area contributed by atoms with Crippen LogP contribution in [-0.4, -0.2) is 86.7 Å². The summed E-state index contributed by atoms with van der Waals surface area (Å²) in [6.07, 6.45) is 12.5. The van der Waals surface area contributed by atoms with E-state index in [1.54, 1.807) is 73.0 Å². The van der Waals surface area contributed by atoms with Gasteiger partial charge in [0.2, 0.25) is 23.0 Å². The molecule has 0 fully saturated rings. The molecule has 2 atom stereocenters. The van der Waals surface area contributed by atoms with Crippen LogP contribution < -0.4 is 21.7 Å². The lowest BCUT2D eigenvalue weighted by Crippen LogP contribution is -2.16. The smallest absolute Gasteiger partial charge is 0.238 e. The van der Waals surface area contributed by atoms with Crippen molar-refractivity contribution in [1.29, 1.82) is 0 Å². The van der Waals surface area contributed by atoms with Gasteiger partial charge in [0.1, 0.15) is 11.8 Å². The lowest BCUT2D eigenvalue weighted by molar-refractivity contribution is -0.117. The molecule has 8 heterocycles. The monoisotopic (exact) mass is 960 g/mol. The number of aryl methyl sites for hydroxylation is 2. The number of pyridine rings is 2. The van der Waals surface area contributed by atoms with Gasteiger partial charge in [-0.1, -0.05) is 38.1 Å². The Kier molecular flexibility index (Phi) is 16.8. The van der Waals surface area contributed by atoms with Gasteiger partial charge in [-0.25, -0.2) is 19.7 Å². The number of nitrogens with two attached hydrogens (primary N) is 1. The van der Waals surface area contributed by atoms with Crippen LogP contribution in [0.4, 0.5) is 28.7 Å². The number of hydrogen-bond acceptors (Lipinski definition) is 14. The van der Waals surface area contributed by atoms with Gasteiger partial charge >= 0.3 is 0 Å². The molecule has 6 aromatic heterocycles. The van der Waals surface area contributed by atoms with Crippen molar-refractivity contribution in [2.45, 2.75) is 64.7 Å². The van der Waals surface area contributed by atoms with E-state index < -0.39 is 11.8 Å². The van der Waals surface area contributed by atoms with Crippen molar-refractivity contribution >= 4 is 74.2 Å². The molecule has 8 aromatic rings. The van der Waals surface area contributed by atoms with Gasteiger partial charge in [0.25, 0.3) is 0 Å². The zero-order chi connectivity index (χ0) is 49.6. The fourth-order valence-electron chi connectivity index (χ4n) is 7.60. The molecule has 10 rings (SSSR count). The second-order valence-electron chi connectivity index (χ2n) is 15.7. The summed E-state index contributed by atoms with van der Waals surface area (Å²) in [5.41, 5.74) is 13.4. The predicted octanol–water partition coefficient (Wildman–Crippen LogP) is 7.57. The Bertz CT molecular complexity index is 3190. The van der Waals surface area contributed by atoms with E-state index in [2.05, 4.69) is 79.3 Å². The van der Waals surface area contributed by atoms with Gasteiger partial charge in [-0.05, 0) is 83.1 Å². The topological polar surface area (TPSA) is 247 Å². The van der Waals surface area contributed by atoms with E-state index in [4.69, 9.17) is 40.6 Å². The van der Waals surface area contributed by atoms with Crippen molar-refractivity contribution in [2.24, 2.45) is 5.73 Å². The quantitative estimate of drug-likeness (QED) is 0.0586. The van der Waals surface area contributed by atoms with Crippen LogP contribution in [0, 0.1) is 13.1 Å². The molecule has 2 aromatic carbocycles. The minimum atomic E-state index is -0.641. The number of anilines is 3. The first-order valence-electron chi connectivity index (χ1n) is 22.2. The van der Waals surface area contributed by atoms with Crippen LogP contribution in [0.3, 0.4) is 0 Å². The Morgan fingerprint density at radius 2 is 1.24 bits per heavy atom. The number of halogens is 1. The molecule has 2 aliphatic rings. The largest absolute Gasteiger partial charge is 0.394 e. The Morgan fingerprint density at radius 3 is 1.69 bits per heavy atom. The number of carbonyl (C=O) groups excluding carboxylic acids is 2. The fraction of sp³-hybridized carbons (Fsp3) is 0.265. The molecule has 356 valence electrons. The number of amides is 2. The molecule has 0 saturated heterocycles. The Labute approximate surface area is 408 Å². The van der Waals surface area contributed by atoms with E-state index in [1.165, 1.54) is 0 Å². The van der Waals surface area contributed by atoms with Crippen LogP contribution >= 0.6 is 11.6 Å². The molecule has 70 heavy (non-hydrogen) atoms. The first-order valence-corrected chi connectivity index (χ1v) is 22.6. The van der Waals surface area contributed by atoms with Crippen molar-refractivity contribution in [3.05, 3.63) is 160 Å². The first-order chi connectivity index (χ1) is 34.1. The van der Waals surface area contributed by atoms with Gasteiger partial charge in [0.05, 0.1) is 48.5 Å². The highest BCUT2D eigenvalue weighted by Gasteiger charge is 2.37. The summed E-state index contributed by atoms with van der Waals surface area (Å²) < 4.78 is 8.05. The number of carbonyl (C=O) groups is 2.